The van der Waals surface area contributed by atoms with Crippen molar-refractivity contribution in [3.8, 4) is 33.4 Å². The van der Waals surface area contributed by atoms with Gasteiger partial charge >= 0.3 is 0 Å². The molecule has 0 bridgehead atoms. The van der Waals surface area contributed by atoms with Gasteiger partial charge in [0.25, 0.3) is 0 Å². The molecule has 2 aliphatic rings. The normalized spacial score (nSPS) is 13.1. The van der Waals surface area contributed by atoms with Gasteiger partial charge in [0.15, 0.2) is 16.7 Å². The summed E-state index contributed by atoms with van der Waals surface area (Å²) in [7, 11) is 0. The Kier molecular flexibility index (Phi) is 8.03. The minimum Gasteiger partial charge on any atom is -0.454 e. The molecule has 3 heterocycles. The highest BCUT2D eigenvalue weighted by Crippen LogP contribution is 2.66. The van der Waals surface area contributed by atoms with Crippen molar-refractivity contribution in [1.29, 1.82) is 0 Å². The maximum absolute atomic E-state index is 7.33. The zero-order valence-corrected chi connectivity index (χ0v) is 38.7. The molecule has 2 aliphatic carbocycles. The predicted molar refractivity (Wildman–Crippen MR) is 294 cm³/mol. The number of hydrogen-bond donors (Lipinski definition) is 1. The quantitative estimate of drug-likeness (QED) is 0.180. The lowest BCUT2D eigenvalue weighted by Crippen LogP contribution is -2.26. The van der Waals surface area contributed by atoms with Crippen LogP contribution in [0.5, 0.6) is 0 Å². The summed E-state index contributed by atoms with van der Waals surface area (Å²) in [5, 5.41) is 10.3. The Balaban J connectivity index is 1.03. The second-order valence-electron chi connectivity index (χ2n) is 19.1. The van der Waals surface area contributed by atoms with Gasteiger partial charge in [-0.05, 0) is 105 Å². The van der Waals surface area contributed by atoms with Crippen molar-refractivity contribution in [2.75, 3.05) is 10.2 Å². The molecule has 5 heteroatoms. The molecule has 0 saturated heterocycles. The third-order valence-electron chi connectivity index (χ3n) is 15.5. The average molecular weight is 921 g/mol. The lowest BCUT2D eigenvalue weighted by molar-refractivity contribution is 0.666. The Bertz CT molecular complexity index is 4530. The molecule has 3 aromatic heterocycles. The minimum absolute atomic E-state index is 0.724. The molecule has 72 heavy (non-hydrogen) atoms. The van der Waals surface area contributed by atoms with Crippen LogP contribution in [0, 0.1) is 0 Å². The van der Waals surface area contributed by atoms with Gasteiger partial charge in [0.1, 0.15) is 16.7 Å². The molecule has 0 saturated carbocycles. The fourth-order valence-corrected chi connectivity index (χ4v) is 12.6. The summed E-state index contributed by atoms with van der Waals surface area (Å²) in [5.41, 5.74) is 20.9. The lowest BCUT2D eigenvalue weighted by atomic mass is 9.70. The van der Waals surface area contributed by atoms with Crippen molar-refractivity contribution in [3.05, 3.63) is 259 Å². The van der Waals surface area contributed by atoms with Crippen LogP contribution in [0.3, 0.4) is 0 Å². The van der Waals surface area contributed by atoms with E-state index in [-0.39, 0.29) is 0 Å². The number of rotatable bonds is 6. The van der Waals surface area contributed by atoms with Crippen LogP contribution in [-0.4, -0.2) is 0 Å². The van der Waals surface area contributed by atoms with E-state index in [1.54, 1.807) is 0 Å². The van der Waals surface area contributed by atoms with Crippen molar-refractivity contribution in [1.82, 2.24) is 0 Å². The summed E-state index contributed by atoms with van der Waals surface area (Å²) in [6, 6.07) is 84.8. The Morgan fingerprint density at radius 3 is 1.61 bits per heavy atom. The van der Waals surface area contributed by atoms with E-state index in [1.165, 1.54) is 44.5 Å². The third kappa shape index (κ3) is 5.26. The van der Waals surface area contributed by atoms with E-state index in [2.05, 4.69) is 229 Å². The first-order chi connectivity index (χ1) is 35.7. The number of para-hydroxylation sites is 6. The molecule has 11 aromatic carbocycles. The van der Waals surface area contributed by atoms with Crippen molar-refractivity contribution in [3.63, 3.8) is 0 Å². The highest BCUT2D eigenvalue weighted by Gasteiger charge is 2.53. The van der Waals surface area contributed by atoms with E-state index in [0.29, 0.717) is 0 Å². The Morgan fingerprint density at radius 1 is 0.333 bits per heavy atom. The SMILES string of the molecule is c1ccc(-c2ccccc2N(c2cccc3c2oc2ccccc23)c2cc3c(c4c2oc2ccccc24)-c2ccc(Nc4cccc5c4oc4ccccc45)cc2C32c3ccccc3-c3ccccc32)cc1. The molecule has 14 aromatic rings. The monoisotopic (exact) mass is 920 g/mol. The summed E-state index contributed by atoms with van der Waals surface area (Å²) in [5.74, 6) is 0. The van der Waals surface area contributed by atoms with Gasteiger partial charge < -0.3 is 23.5 Å². The van der Waals surface area contributed by atoms with Crippen molar-refractivity contribution < 1.29 is 13.3 Å². The van der Waals surface area contributed by atoms with Gasteiger partial charge in [-0.15, -0.1) is 0 Å². The van der Waals surface area contributed by atoms with E-state index in [0.717, 1.165) is 105 Å². The smallest absolute Gasteiger partial charge is 0.160 e. The first kappa shape index (κ1) is 39.3. The number of furan rings is 3. The molecule has 0 atom stereocenters. The number of nitrogens with one attached hydrogen (secondary N) is 1. The Hall–Kier alpha value is -9.58. The van der Waals surface area contributed by atoms with E-state index >= 15 is 0 Å². The molecule has 0 radical (unpaired) electrons. The summed E-state index contributed by atoms with van der Waals surface area (Å²) in [4.78, 5) is 2.41. The van der Waals surface area contributed by atoms with Gasteiger partial charge in [-0.25, -0.2) is 0 Å². The summed E-state index contributed by atoms with van der Waals surface area (Å²) in [6.07, 6.45) is 0. The zero-order valence-electron chi connectivity index (χ0n) is 38.7. The van der Waals surface area contributed by atoms with E-state index in [9.17, 15) is 0 Å². The van der Waals surface area contributed by atoms with Gasteiger partial charge in [-0.1, -0.05) is 182 Å². The van der Waals surface area contributed by atoms with Gasteiger partial charge in [0, 0.05) is 43.6 Å². The third-order valence-corrected chi connectivity index (χ3v) is 15.5. The molecule has 0 fully saturated rings. The highest BCUT2D eigenvalue weighted by atomic mass is 16.3. The topological polar surface area (TPSA) is 54.7 Å². The van der Waals surface area contributed by atoms with Crippen LogP contribution >= 0.6 is 0 Å². The predicted octanol–water partition coefficient (Wildman–Crippen LogP) is 18.6. The van der Waals surface area contributed by atoms with E-state index in [1.807, 2.05) is 18.2 Å². The first-order valence-electron chi connectivity index (χ1n) is 24.6. The minimum atomic E-state index is -0.724. The van der Waals surface area contributed by atoms with Crippen LogP contribution in [0.25, 0.3) is 99.2 Å². The van der Waals surface area contributed by atoms with Crippen LogP contribution in [0.1, 0.15) is 22.3 Å². The summed E-state index contributed by atoms with van der Waals surface area (Å²) >= 11 is 0. The van der Waals surface area contributed by atoms with Crippen LogP contribution in [-0.2, 0) is 5.41 Å². The Labute approximate surface area is 413 Å². The molecule has 336 valence electrons. The van der Waals surface area contributed by atoms with Gasteiger partial charge in [-0.2, -0.15) is 0 Å². The largest absolute Gasteiger partial charge is 0.454 e. The second kappa shape index (κ2) is 14.7. The van der Waals surface area contributed by atoms with Gasteiger partial charge in [0.05, 0.1) is 28.2 Å². The molecular formula is C67H40N2O3. The molecular weight excluding hydrogens is 881 g/mol. The number of fused-ring (bicyclic) bond motifs is 20. The number of hydrogen-bond acceptors (Lipinski definition) is 5. The molecule has 0 amide bonds. The van der Waals surface area contributed by atoms with Crippen LogP contribution in [0.15, 0.2) is 250 Å². The summed E-state index contributed by atoms with van der Waals surface area (Å²) < 4.78 is 20.9. The van der Waals surface area contributed by atoms with E-state index < -0.39 is 5.41 Å². The number of anilines is 5. The van der Waals surface area contributed by atoms with E-state index in [4.69, 9.17) is 13.3 Å². The van der Waals surface area contributed by atoms with Crippen LogP contribution < -0.4 is 10.2 Å². The highest BCUT2D eigenvalue weighted by molar-refractivity contribution is 6.21. The molecule has 16 rings (SSSR count). The number of nitrogens with zero attached hydrogens (tertiary/aromatic N) is 1. The average Bonchev–Trinajstić information content (AvgIpc) is 4.26. The lowest BCUT2D eigenvalue weighted by Gasteiger charge is -2.33. The van der Waals surface area contributed by atoms with Crippen LogP contribution in [0.4, 0.5) is 28.4 Å². The zero-order chi connectivity index (χ0) is 47.1. The fourth-order valence-electron chi connectivity index (χ4n) is 12.6. The van der Waals surface area contributed by atoms with Crippen molar-refractivity contribution >= 4 is 94.3 Å². The molecule has 5 nitrogen and oxygen atoms in total. The van der Waals surface area contributed by atoms with Crippen molar-refractivity contribution in [2.45, 2.75) is 5.41 Å². The van der Waals surface area contributed by atoms with Crippen molar-refractivity contribution in [2.24, 2.45) is 0 Å². The maximum atomic E-state index is 7.33. The second-order valence-corrected chi connectivity index (χ2v) is 19.1. The Morgan fingerprint density at radius 2 is 0.875 bits per heavy atom. The van der Waals surface area contributed by atoms with Crippen LogP contribution in [0.2, 0.25) is 0 Å². The number of benzene rings is 11. The molecule has 1 spiro atoms. The van der Waals surface area contributed by atoms with Gasteiger partial charge in [0.2, 0.25) is 0 Å². The van der Waals surface area contributed by atoms with Gasteiger partial charge in [-0.3, -0.25) is 0 Å². The standard InChI is InChI=1S/C67H40N2O3/c1-2-18-40(19-3-1)42-20-6-12-31-56(42)69(57-32-17-27-48-46-24-8-14-34-60(46)71-65(48)57)58-39-54-62(63-50-25-9-15-35-61(50)72-66(58)63)49-37-36-41(68-55-30-16-26-47-45-23-7-13-33-59(45)70-64(47)55)38-53(49)67(54)51-28-10-4-21-43(51)44-22-5-11-29-52(44)67/h1-39,68H. The molecule has 0 aliphatic heterocycles. The maximum Gasteiger partial charge on any atom is 0.160 e. The fraction of sp³-hybridized carbons (Fsp3) is 0.0149. The summed E-state index contributed by atoms with van der Waals surface area (Å²) in [6.45, 7) is 0. The first-order valence-corrected chi connectivity index (χ1v) is 24.6. The molecule has 1 N–H and O–H groups in total. The molecule has 0 unspecified atom stereocenters.